The minimum absolute atomic E-state index is 0.0573. The molecule has 0 fully saturated rings. The fraction of sp³-hybridized carbons (Fsp3) is 0. The number of hydrogen-bond acceptors (Lipinski definition) is 6. The number of rotatable bonds is 2. The van der Waals surface area contributed by atoms with Gasteiger partial charge in [0, 0.05) is 15.4 Å². The molecule has 0 aliphatic heterocycles. The van der Waals surface area contributed by atoms with Crippen molar-refractivity contribution in [3.05, 3.63) is 44.9 Å². The summed E-state index contributed by atoms with van der Waals surface area (Å²) in [5.41, 5.74) is 2.13. The van der Waals surface area contributed by atoms with Crippen molar-refractivity contribution in [3.63, 3.8) is 0 Å². The first-order valence-electron chi connectivity index (χ1n) is 4.81. The molecule has 98 valence electrons. The molecule has 2 aromatic rings. The van der Waals surface area contributed by atoms with E-state index in [0.29, 0.717) is 0 Å². The summed E-state index contributed by atoms with van der Waals surface area (Å²) in [5, 5.41) is 5.51. The number of nitrogens with one attached hydrogen (secondary N) is 1. The number of hydroxylamine groups is 1. The van der Waals surface area contributed by atoms with Crippen molar-refractivity contribution >= 4 is 46.6 Å². The van der Waals surface area contributed by atoms with E-state index >= 15 is 0 Å². The Kier molecular flexibility index (Phi) is 4.31. The van der Waals surface area contributed by atoms with E-state index in [9.17, 15) is 9.59 Å². The number of nitrogens with zero attached hydrogens (tertiary/aromatic N) is 2. The second-order valence-corrected chi connectivity index (χ2v) is 4.75. The molecule has 1 N–H and O–H groups in total. The van der Waals surface area contributed by atoms with E-state index in [0.717, 1.165) is 11.5 Å². The van der Waals surface area contributed by atoms with Gasteiger partial charge in [-0.2, -0.15) is 5.48 Å². The van der Waals surface area contributed by atoms with Crippen molar-refractivity contribution in [1.82, 2.24) is 15.1 Å². The zero-order chi connectivity index (χ0) is 13.8. The van der Waals surface area contributed by atoms with Crippen LogP contribution in [0.1, 0.15) is 20.8 Å². The van der Waals surface area contributed by atoms with Crippen LogP contribution in [0.5, 0.6) is 0 Å². The highest BCUT2D eigenvalue weighted by Gasteiger charge is 2.14. The highest BCUT2D eigenvalue weighted by atomic mass is 35.5. The molecule has 1 amide bonds. The molecule has 0 radical (unpaired) electrons. The Labute approximate surface area is 121 Å². The maximum atomic E-state index is 11.6. The van der Waals surface area contributed by atoms with Gasteiger partial charge in [0.05, 0.1) is 5.56 Å². The first-order chi connectivity index (χ1) is 9.06. The maximum Gasteiger partial charge on any atom is 0.363 e. The van der Waals surface area contributed by atoms with E-state index < -0.39 is 11.9 Å². The standard InChI is InChI=1S/C10H5Cl2N3O3S/c11-6-1-5(2-7(12)3-6)10(17)18-14-9(16)8-4-19-15-13-8/h1-4H,(H,14,16). The zero-order valence-electron chi connectivity index (χ0n) is 9.09. The van der Waals surface area contributed by atoms with Gasteiger partial charge in [-0.1, -0.05) is 27.7 Å². The van der Waals surface area contributed by atoms with Gasteiger partial charge in [0.15, 0.2) is 5.69 Å². The van der Waals surface area contributed by atoms with Crippen molar-refractivity contribution in [3.8, 4) is 0 Å². The molecule has 1 heterocycles. The van der Waals surface area contributed by atoms with Gasteiger partial charge in [-0.3, -0.25) is 4.79 Å². The number of carbonyl (C=O) groups excluding carboxylic acids is 2. The van der Waals surface area contributed by atoms with E-state index in [1.807, 2.05) is 5.48 Å². The second kappa shape index (κ2) is 5.96. The first kappa shape index (κ1) is 13.7. The van der Waals surface area contributed by atoms with E-state index in [1.165, 1.54) is 23.6 Å². The van der Waals surface area contributed by atoms with Crippen LogP contribution in [0, 0.1) is 0 Å². The number of carbonyl (C=O) groups is 2. The molecule has 0 aliphatic carbocycles. The van der Waals surface area contributed by atoms with Gasteiger partial charge < -0.3 is 4.84 Å². The van der Waals surface area contributed by atoms with Crippen LogP contribution in [0.4, 0.5) is 0 Å². The summed E-state index contributed by atoms with van der Waals surface area (Å²) in [5.74, 6) is -1.46. The van der Waals surface area contributed by atoms with Gasteiger partial charge in [-0.25, -0.2) is 4.79 Å². The van der Waals surface area contributed by atoms with Gasteiger partial charge in [0.2, 0.25) is 0 Å². The Morgan fingerprint density at radius 1 is 1.21 bits per heavy atom. The Hall–Kier alpha value is -1.70. The lowest BCUT2D eigenvalue weighted by molar-refractivity contribution is 0.0228. The minimum Gasteiger partial charge on any atom is -0.335 e. The molecule has 2 rings (SSSR count). The summed E-state index contributed by atoms with van der Waals surface area (Å²) >= 11 is 12.5. The predicted octanol–water partition coefficient (Wildman–Crippen LogP) is 2.35. The molecule has 0 unspecified atom stereocenters. The summed E-state index contributed by atoms with van der Waals surface area (Å²) in [6.07, 6.45) is 0. The molecule has 0 saturated heterocycles. The van der Waals surface area contributed by atoms with Crippen molar-refractivity contribution in [2.24, 2.45) is 0 Å². The Balaban J connectivity index is 2.00. The van der Waals surface area contributed by atoms with Crippen LogP contribution in [0.25, 0.3) is 0 Å². The van der Waals surface area contributed by atoms with Gasteiger partial charge >= 0.3 is 11.9 Å². The molecule has 1 aromatic heterocycles. The normalized spacial score (nSPS) is 10.0. The number of aromatic nitrogens is 2. The molecule has 9 heteroatoms. The number of amides is 1. The fourth-order valence-corrected chi connectivity index (χ4v) is 2.10. The van der Waals surface area contributed by atoms with Gasteiger partial charge in [0.1, 0.15) is 0 Å². The van der Waals surface area contributed by atoms with Gasteiger partial charge in [-0.15, -0.1) is 5.10 Å². The molecule has 1 aromatic carbocycles. The van der Waals surface area contributed by atoms with Crippen LogP contribution in [-0.4, -0.2) is 21.5 Å². The number of halogens is 2. The third-order valence-electron chi connectivity index (χ3n) is 1.93. The third kappa shape index (κ3) is 3.63. The van der Waals surface area contributed by atoms with Crippen molar-refractivity contribution < 1.29 is 14.4 Å². The van der Waals surface area contributed by atoms with E-state index in [1.54, 1.807) is 0 Å². The molecule has 0 bridgehead atoms. The molecular formula is C10H5Cl2N3O3S. The van der Waals surface area contributed by atoms with E-state index in [2.05, 4.69) is 14.4 Å². The lowest BCUT2D eigenvalue weighted by Crippen LogP contribution is -2.27. The maximum absolute atomic E-state index is 11.6. The summed E-state index contributed by atoms with van der Waals surface area (Å²) in [4.78, 5) is 27.7. The summed E-state index contributed by atoms with van der Waals surface area (Å²) in [6, 6.07) is 4.21. The smallest absolute Gasteiger partial charge is 0.335 e. The van der Waals surface area contributed by atoms with Crippen molar-refractivity contribution in [2.45, 2.75) is 0 Å². The molecule has 0 saturated carbocycles. The van der Waals surface area contributed by atoms with Gasteiger partial charge in [0.25, 0.3) is 0 Å². The Morgan fingerprint density at radius 3 is 2.47 bits per heavy atom. The van der Waals surface area contributed by atoms with Crippen LogP contribution >= 0.6 is 34.7 Å². The average Bonchev–Trinajstić information content (AvgIpc) is 2.88. The van der Waals surface area contributed by atoms with Crippen LogP contribution in [0.3, 0.4) is 0 Å². The van der Waals surface area contributed by atoms with E-state index in [-0.39, 0.29) is 21.3 Å². The summed E-state index contributed by atoms with van der Waals surface area (Å²) in [6.45, 7) is 0. The Morgan fingerprint density at radius 2 is 1.89 bits per heavy atom. The summed E-state index contributed by atoms with van der Waals surface area (Å²) < 4.78 is 3.51. The highest BCUT2D eigenvalue weighted by molar-refractivity contribution is 7.03. The largest absolute Gasteiger partial charge is 0.363 e. The third-order valence-corrected chi connectivity index (χ3v) is 2.87. The zero-order valence-corrected chi connectivity index (χ0v) is 11.4. The molecule has 19 heavy (non-hydrogen) atoms. The predicted molar refractivity (Wildman–Crippen MR) is 69.3 cm³/mol. The minimum atomic E-state index is -0.791. The molecule has 6 nitrogen and oxygen atoms in total. The van der Waals surface area contributed by atoms with Crippen LogP contribution in [0.15, 0.2) is 23.6 Å². The quantitative estimate of drug-likeness (QED) is 0.860. The highest BCUT2D eigenvalue weighted by Crippen LogP contribution is 2.19. The first-order valence-corrected chi connectivity index (χ1v) is 6.40. The molecule has 0 atom stereocenters. The van der Waals surface area contributed by atoms with Crippen LogP contribution in [0.2, 0.25) is 10.0 Å². The number of hydrogen-bond donors (Lipinski definition) is 1. The van der Waals surface area contributed by atoms with Gasteiger partial charge in [-0.05, 0) is 29.7 Å². The monoisotopic (exact) mass is 317 g/mol. The van der Waals surface area contributed by atoms with Crippen molar-refractivity contribution in [1.29, 1.82) is 0 Å². The molecule has 0 spiro atoms. The Bertz CT molecular complexity index is 598. The van der Waals surface area contributed by atoms with Crippen molar-refractivity contribution in [2.75, 3.05) is 0 Å². The van der Waals surface area contributed by atoms with Crippen LogP contribution in [-0.2, 0) is 4.84 Å². The molecular weight excluding hydrogens is 313 g/mol. The lowest BCUT2D eigenvalue weighted by atomic mass is 10.2. The number of benzene rings is 1. The summed E-state index contributed by atoms with van der Waals surface area (Å²) in [7, 11) is 0. The van der Waals surface area contributed by atoms with Crippen LogP contribution < -0.4 is 5.48 Å². The topological polar surface area (TPSA) is 81.2 Å². The SMILES string of the molecule is O=C(ONC(=O)c1csnn1)c1cc(Cl)cc(Cl)c1. The fourth-order valence-electron chi connectivity index (χ4n) is 1.14. The lowest BCUT2D eigenvalue weighted by Gasteiger charge is -2.04. The van der Waals surface area contributed by atoms with E-state index in [4.69, 9.17) is 23.2 Å². The second-order valence-electron chi connectivity index (χ2n) is 3.27. The average molecular weight is 318 g/mol. The molecule has 0 aliphatic rings.